The second-order valence-corrected chi connectivity index (χ2v) is 2.06. The van der Waals surface area contributed by atoms with Gasteiger partial charge in [-0.05, 0) is 6.92 Å². The van der Waals surface area contributed by atoms with E-state index in [-0.39, 0.29) is 13.2 Å². The summed E-state index contributed by atoms with van der Waals surface area (Å²) >= 11 is 0. The maximum Gasteiger partial charge on any atom is 0.104 e. The van der Waals surface area contributed by atoms with Gasteiger partial charge in [0.15, 0.2) is 0 Å². The molecule has 0 saturated carbocycles. The summed E-state index contributed by atoms with van der Waals surface area (Å²) in [5, 5.41) is 15.2. The molecule has 0 aromatic heterocycles. The molecule has 0 aromatic carbocycles. The monoisotopic (exact) mass is 416 g/mol. The second kappa shape index (κ2) is 272. The molecule has 4 heteroatoms. The quantitative estimate of drug-likeness (QED) is 0.400. The van der Waals surface area contributed by atoms with Crippen molar-refractivity contribution in [3.05, 3.63) is 118 Å². The topological polar surface area (TPSA) is 62.2 Å². The van der Waals surface area contributed by atoms with E-state index in [4.69, 9.17) is 19.7 Å². The molecule has 0 aromatic rings. The molecule has 1 fully saturated rings. The van der Waals surface area contributed by atoms with Crippen molar-refractivity contribution in [2.24, 2.45) is 0 Å². The number of hydrogen-bond donors (Lipinski definition) is 2. The van der Waals surface area contributed by atoms with Crippen molar-refractivity contribution in [1.29, 1.82) is 0 Å². The molecule has 1 aliphatic rings. The van der Waals surface area contributed by atoms with Gasteiger partial charge in [-0.15, -0.1) is 118 Å². The summed E-state index contributed by atoms with van der Waals surface area (Å²) in [5.74, 6) is 0. The standard InChI is InChI=1S/C5H10O2.C2H6O2.9C2H4/c1-2-6-3-5-4-7-5;3-1-2-4;9*1-2/h5H,2-4H2,1H3;3-4H,1-2H2;9*1-2H2. The van der Waals surface area contributed by atoms with Crippen molar-refractivity contribution < 1.29 is 19.7 Å². The van der Waals surface area contributed by atoms with Crippen LogP contribution in [0.2, 0.25) is 0 Å². The maximum atomic E-state index is 7.62. The average Bonchev–Trinajstić information content (AvgIpc) is 3.74. The van der Waals surface area contributed by atoms with E-state index in [1.54, 1.807) is 0 Å². The molecule has 0 aliphatic carbocycles. The molecule has 2 N–H and O–H groups in total. The molecule has 1 unspecified atom stereocenters. The molecular formula is C25H52O4. The van der Waals surface area contributed by atoms with E-state index in [0.29, 0.717) is 6.10 Å². The number of rotatable bonds is 4. The Morgan fingerprint density at radius 2 is 0.828 bits per heavy atom. The lowest BCUT2D eigenvalue weighted by molar-refractivity contribution is 0.128. The SMILES string of the molecule is C=C.C=C.C=C.C=C.C=C.C=C.C=C.C=C.C=C.CCOCC1CO1.OCCO. The highest BCUT2D eigenvalue weighted by molar-refractivity contribution is 4.66. The third kappa shape index (κ3) is 466. The number of epoxide rings is 1. The molecule has 0 amide bonds. The van der Waals surface area contributed by atoms with Gasteiger partial charge in [0.25, 0.3) is 0 Å². The van der Waals surface area contributed by atoms with Crippen molar-refractivity contribution >= 4 is 0 Å². The van der Waals surface area contributed by atoms with Crippen molar-refractivity contribution in [2.75, 3.05) is 33.0 Å². The first-order valence-corrected chi connectivity index (χ1v) is 8.26. The first kappa shape index (κ1) is 63.3. The van der Waals surface area contributed by atoms with E-state index in [9.17, 15) is 0 Å². The predicted molar refractivity (Wildman–Crippen MR) is 142 cm³/mol. The smallest absolute Gasteiger partial charge is 0.104 e. The molecule has 1 saturated heterocycles. The van der Waals surface area contributed by atoms with E-state index in [1.807, 2.05) is 6.92 Å². The summed E-state index contributed by atoms with van der Waals surface area (Å²) in [4.78, 5) is 0. The molecule has 0 radical (unpaired) electrons. The Morgan fingerprint density at radius 1 is 0.621 bits per heavy atom. The summed E-state index contributed by atoms with van der Waals surface area (Å²) in [6.45, 7) is 58.2. The number of hydrogen-bond acceptors (Lipinski definition) is 4. The van der Waals surface area contributed by atoms with Gasteiger partial charge in [0, 0.05) is 6.61 Å². The largest absolute Gasteiger partial charge is 0.394 e. The van der Waals surface area contributed by atoms with E-state index in [2.05, 4.69) is 118 Å². The van der Waals surface area contributed by atoms with Gasteiger partial charge in [-0.1, -0.05) is 0 Å². The van der Waals surface area contributed by atoms with Crippen LogP contribution in [-0.2, 0) is 9.47 Å². The van der Waals surface area contributed by atoms with Gasteiger partial charge < -0.3 is 19.7 Å². The summed E-state index contributed by atoms with van der Waals surface area (Å²) < 4.78 is 9.92. The molecule has 0 spiro atoms. The van der Waals surface area contributed by atoms with Crippen LogP contribution in [0.5, 0.6) is 0 Å². The summed E-state index contributed by atoms with van der Waals surface area (Å²) in [6.07, 6.45) is 0.431. The molecular weight excluding hydrogens is 364 g/mol. The van der Waals surface area contributed by atoms with Crippen LogP contribution in [0.3, 0.4) is 0 Å². The Balaban J connectivity index is -0.0000000183. The Morgan fingerprint density at radius 3 is 0.931 bits per heavy atom. The van der Waals surface area contributed by atoms with Gasteiger partial charge in [0.05, 0.1) is 26.4 Å². The van der Waals surface area contributed by atoms with Gasteiger partial charge in [-0.3, -0.25) is 0 Å². The van der Waals surface area contributed by atoms with E-state index < -0.39 is 0 Å². The van der Waals surface area contributed by atoms with Crippen molar-refractivity contribution in [2.45, 2.75) is 13.0 Å². The highest BCUT2D eigenvalue weighted by atomic mass is 16.6. The molecule has 1 atom stereocenters. The minimum absolute atomic E-state index is 0.125. The number of aliphatic hydroxyl groups excluding tert-OH is 2. The third-order valence-corrected chi connectivity index (χ3v) is 1.01. The average molecular weight is 417 g/mol. The fourth-order valence-corrected chi connectivity index (χ4v) is 0.414. The zero-order valence-corrected chi connectivity index (χ0v) is 19.6. The van der Waals surface area contributed by atoms with Crippen molar-refractivity contribution in [3.8, 4) is 0 Å². The minimum Gasteiger partial charge on any atom is -0.394 e. The van der Waals surface area contributed by atoms with Crippen LogP contribution in [-0.4, -0.2) is 49.4 Å². The fraction of sp³-hybridized carbons (Fsp3) is 0.280. The van der Waals surface area contributed by atoms with Crippen LogP contribution in [0, 0.1) is 0 Å². The normalized spacial score (nSPS) is 9.00. The Labute approximate surface area is 184 Å². The van der Waals surface area contributed by atoms with Crippen LogP contribution in [0.4, 0.5) is 0 Å². The number of ether oxygens (including phenoxy) is 2. The zero-order valence-electron chi connectivity index (χ0n) is 19.6. The van der Waals surface area contributed by atoms with Gasteiger partial charge in [0.1, 0.15) is 6.10 Å². The first-order valence-electron chi connectivity index (χ1n) is 8.26. The molecule has 1 rings (SSSR count). The van der Waals surface area contributed by atoms with Crippen LogP contribution < -0.4 is 0 Å². The lowest BCUT2D eigenvalue weighted by Gasteiger charge is -1.91. The van der Waals surface area contributed by atoms with Crippen LogP contribution in [0.1, 0.15) is 6.92 Å². The lowest BCUT2D eigenvalue weighted by Crippen LogP contribution is -1.99. The van der Waals surface area contributed by atoms with Crippen LogP contribution in [0.25, 0.3) is 0 Å². The zero-order chi connectivity index (χ0) is 26.5. The molecule has 4 nitrogen and oxygen atoms in total. The Hall–Kier alpha value is -2.50. The van der Waals surface area contributed by atoms with Crippen LogP contribution >= 0.6 is 0 Å². The first-order chi connectivity index (χ1) is 14.3. The van der Waals surface area contributed by atoms with Gasteiger partial charge >= 0.3 is 0 Å². The van der Waals surface area contributed by atoms with E-state index in [1.165, 1.54) is 0 Å². The molecule has 0 bridgehead atoms. The Bertz CT molecular complexity index is 144. The van der Waals surface area contributed by atoms with Gasteiger partial charge in [-0.25, -0.2) is 0 Å². The fourth-order valence-electron chi connectivity index (χ4n) is 0.414. The van der Waals surface area contributed by atoms with Crippen molar-refractivity contribution in [3.63, 3.8) is 0 Å². The molecule has 29 heavy (non-hydrogen) atoms. The minimum atomic E-state index is -0.125. The second-order valence-electron chi connectivity index (χ2n) is 2.06. The van der Waals surface area contributed by atoms with Gasteiger partial charge in [0.2, 0.25) is 0 Å². The lowest BCUT2D eigenvalue weighted by atomic mass is 10.5. The van der Waals surface area contributed by atoms with E-state index >= 15 is 0 Å². The third-order valence-electron chi connectivity index (χ3n) is 1.01. The molecule has 176 valence electrons. The number of aliphatic hydroxyl groups is 2. The van der Waals surface area contributed by atoms with Crippen LogP contribution in [0.15, 0.2) is 118 Å². The molecule has 1 aliphatic heterocycles. The highest BCUT2D eigenvalue weighted by Crippen LogP contribution is 2.07. The van der Waals surface area contributed by atoms with Gasteiger partial charge in [-0.2, -0.15) is 0 Å². The summed E-state index contributed by atoms with van der Waals surface area (Å²) in [6, 6.07) is 0. The van der Waals surface area contributed by atoms with E-state index in [0.717, 1.165) is 19.8 Å². The molecule has 1 heterocycles. The summed E-state index contributed by atoms with van der Waals surface area (Å²) in [5.41, 5.74) is 0. The summed E-state index contributed by atoms with van der Waals surface area (Å²) in [7, 11) is 0. The predicted octanol–water partition coefficient (Wildman–Crippen LogP) is 6.61. The maximum absolute atomic E-state index is 7.62. The highest BCUT2D eigenvalue weighted by Gasteiger charge is 2.21. The Kier molecular flexibility index (Phi) is 594. The van der Waals surface area contributed by atoms with Crippen molar-refractivity contribution in [1.82, 2.24) is 0 Å².